The number of hydrogen-bond acceptors (Lipinski definition) is 5. The third kappa shape index (κ3) is 6.78. The highest BCUT2D eigenvalue weighted by Gasteiger charge is 2.36. The molecule has 35 heavy (non-hydrogen) atoms. The van der Waals surface area contributed by atoms with E-state index in [1.807, 2.05) is 42.5 Å². The molecule has 1 saturated heterocycles. The second-order valence-electron chi connectivity index (χ2n) is 7.40. The Bertz CT molecular complexity index is 1330. The molecule has 4 rings (SSSR count). The number of carbonyl (C=O) groups is 3. The predicted molar refractivity (Wildman–Crippen MR) is 155 cm³/mol. The number of rotatable bonds is 7. The molecular weight excluding hydrogens is 714 g/mol. The number of ether oxygens (including phenoxy) is 1. The Morgan fingerprint density at radius 3 is 2.51 bits per heavy atom. The van der Waals surface area contributed by atoms with Crippen molar-refractivity contribution >= 4 is 97.4 Å². The molecule has 1 aliphatic rings. The van der Waals surface area contributed by atoms with Gasteiger partial charge in [0, 0.05) is 3.57 Å². The zero-order valence-electron chi connectivity index (χ0n) is 18.0. The minimum absolute atomic E-state index is 0.254. The summed E-state index contributed by atoms with van der Waals surface area (Å²) in [5.74, 6) is -0.292. The quantitative estimate of drug-likeness (QED) is 0.214. The fourth-order valence-electron chi connectivity index (χ4n) is 3.15. The van der Waals surface area contributed by atoms with E-state index in [1.54, 1.807) is 30.3 Å². The maximum Gasteiger partial charge on any atom is 0.294 e. The number of halogens is 3. The number of nitrogens with zero attached hydrogens (tertiary/aromatic N) is 1. The average molecular weight is 731 g/mol. The number of amides is 3. The lowest BCUT2D eigenvalue weighted by Crippen LogP contribution is -2.36. The summed E-state index contributed by atoms with van der Waals surface area (Å²) in [7, 11) is 0. The second-order valence-corrected chi connectivity index (χ2v) is 11.2. The van der Waals surface area contributed by atoms with E-state index < -0.39 is 23.6 Å². The molecule has 0 aromatic heterocycles. The third-order valence-corrected chi connectivity index (χ3v) is 7.68. The first-order chi connectivity index (χ1) is 16.8. The van der Waals surface area contributed by atoms with Crippen LogP contribution in [0.2, 0.25) is 5.02 Å². The zero-order valence-corrected chi connectivity index (χ0v) is 23.9. The predicted octanol–water partition coefficient (Wildman–Crippen LogP) is 6.80. The number of imide groups is 1. The van der Waals surface area contributed by atoms with E-state index >= 15 is 0 Å². The molecule has 3 amide bonds. The van der Waals surface area contributed by atoms with Crippen LogP contribution in [0.25, 0.3) is 6.08 Å². The molecule has 0 atom stereocenters. The van der Waals surface area contributed by atoms with Crippen LogP contribution in [0.3, 0.4) is 0 Å². The maximum atomic E-state index is 12.8. The molecule has 6 nitrogen and oxygen atoms in total. The van der Waals surface area contributed by atoms with Crippen molar-refractivity contribution in [3.05, 3.63) is 94.9 Å². The molecular formula is C25H17ClI2N2O4S. The van der Waals surface area contributed by atoms with Crippen LogP contribution in [0.1, 0.15) is 11.1 Å². The molecule has 10 heteroatoms. The van der Waals surface area contributed by atoms with Crippen molar-refractivity contribution in [1.29, 1.82) is 0 Å². The summed E-state index contributed by atoms with van der Waals surface area (Å²) in [4.78, 5) is 38.8. The van der Waals surface area contributed by atoms with Crippen molar-refractivity contribution in [2.75, 3.05) is 11.9 Å². The molecule has 1 aliphatic heterocycles. The van der Waals surface area contributed by atoms with E-state index in [-0.39, 0.29) is 4.91 Å². The van der Waals surface area contributed by atoms with Gasteiger partial charge in [-0.05, 0) is 111 Å². The Balaban J connectivity index is 1.40. The molecule has 1 N–H and O–H groups in total. The fourth-order valence-corrected chi connectivity index (χ4v) is 5.23. The number of anilines is 1. The van der Waals surface area contributed by atoms with Crippen LogP contribution >= 0.6 is 68.5 Å². The topological polar surface area (TPSA) is 75.7 Å². The van der Waals surface area contributed by atoms with E-state index in [9.17, 15) is 14.4 Å². The first kappa shape index (κ1) is 26.0. The molecule has 0 aliphatic carbocycles. The van der Waals surface area contributed by atoms with Gasteiger partial charge in [-0.15, -0.1) is 0 Å². The van der Waals surface area contributed by atoms with E-state index in [2.05, 4.69) is 50.5 Å². The summed E-state index contributed by atoms with van der Waals surface area (Å²) in [5.41, 5.74) is 2.24. The smallest absolute Gasteiger partial charge is 0.294 e. The largest absolute Gasteiger partial charge is 0.488 e. The van der Waals surface area contributed by atoms with Crippen LogP contribution in [0.15, 0.2) is 71.6 Å². The zero-order chi connectivity index (χ0) is 24.9. The molecule has 0 unspecified atom stereocenters. The summed E-state index contributed by atoms with van der Waals surface area (Å²) in [5, 5.41) is 2.50. The van der Waals surface area contributed by atoms with Gasteiger partial charge in [0.2, 0.25) is 5.91 Å². The van der Waals surface area contributed by atoms with Gasteiger partial charge in [0.15, 0.2) is 0 Å². The number of hydrogen-bond donors (Lipinski definition) is 1. The van der Waals surface area contributed by atoms with Gasteiger partial charge in [-0.3, -0.25) is 19.3 Å². The number of benzene rings is 3. The van der Waals surface area contributed by atoms with Gasteiger partial charge in [-0.2, -0.15) is 0 Å². The lowest BCUT2D eigenvalue weighted by atomic mass is 10.2. The fraction of sp³-hybridized carbons (Fsp3) is 0.0800. The maximum absolute atomic E-state index is 12.8. The second kappa shape index (κ2) is 11.8. The highest BCUT2D eigenvalue weighted by molar-refractivity contribution is 14.1. The molecule has 0 saturated carbocycles. The van der Waals surface area contributed by atoms with E-state index in [1.165, 1.54) is 0 Å². The summed E-state index contributed by atoms with van der Waals surface area (Å²) in [6, 6.07) is 20.4. The Hall–Kier alpha value is -2.09. The van der Waals surface area contributed by atoms with Crippen molar-refractivity contribution in [3.8, 4) is 5.75 Å². The van der Waals surface area contributed by atoms with E-state index in [4.69, 9.17) is 16.3 Å². The third-order valence-electron chi connectivity index (χ3n) is 4.88. The molecule has 178 valence electrons. The first-order valence-corrected chi connectivity index (χ1v) is 13.6. The van der Waals surface area contributed by atoms with E-state index in [0.29, 0.717) is 17.3 Å². The summed E-state index contributed by atoms with van der Waals surface area (Å²) >= 11 is 11.3. The highest BCUT2D eigenvalue weighted by Crippen LogP contribution is 2.33. The van der Waals surface area contributed by atoms with Crippen LogP contribution < -0.4 is 10.1 Å². The van der Waals surface area contributed by atoms with Crippen molar-refractivity contribution in [3.63, 3.8) is 0 Å². The Labute approximate surface area is 238 Å². The first-order valence-electron chi connectivity index (χ1n) is 10.3. The van der Waals surface area contributed by atoms with Gasteiger partial charge >= 0.3 is 0 Å². The number of carbonyl (C=O) groups excluding carboxylic acids is 3. The van der Waals surface area contributed by atoms with Gasteiger partial charge in [-0.25, -0.2) is 0 Å². The van der Waals surface area contributed by atoms with Gasteiger partial charge < -0.3 is 10.1 Å². The average Bonchev–Trinajstić information content (AvgIpc) is 3.08. The Morgan fingerprint density at radius 2 is 1.80 bits per heavy atom. The van der Waals surface area contributed by atoms with E-state index in [0.717, 1.165) is 40.7 Å². The van der Waals surface area contributed by atoms with Crippen LogP contribution in [0, 0.1) is 7.14 Å². The minimum Gasteiger partial charge on any atom is -0.488 e. The molecule has 1 heterocycles. The van der Waals surface area contributed by atoms with Crippen molar-refractivity contribution < 1.29 is 19.1 Å². The van der Waals surface area contributed by atoms with Gasteiger partial charge in [-0.1, -0.05) is 41.9 Å². The van der Waals surface area contributed by atoms with Gasteiger partial charge in [0.25, 0.3) is 11.1 Å². The number of para-hydroxylation sites is 1. The van der Waals surface area contributed by atoms with Crippen LogP contribution in [0.4, 0.5) is 10.5 Å². The summed E-state index contributed by atoms with van der Waals surface area (Å²) in [6.45, 7) is 0.0531. The Kier molecular flexibility index (Phi) is 8.73. The normalized spacial score (nSPS) is 14.5. The lowest BCUT2D eigenvalue weighted by molar-refractivity contribution is -0.127. The number of thioether (sulfide) groups is 1. The standard InChI is InChI=1S/C25H17ClI2N2O4S/c26-18-3-1-2-4-20(18)29-23(31)13-30-24(32)22(35-25(30)33)12-16-7-10-21(19(28)11-16)34-14-15-5-8-17(27)9-6-15/h1-12H,13-14H2,(H,29,31)/b22-12+. The monoisotopic (exact) mass is 730 g/mol. The van der Waals surface area contributed by atoms with Gasteiger partial charge in [0.1, 0.15) is 18.9 Å². The van der Waals surface area contributed by atoms with Crippen LogP contribution in [-0.2, 0) is 16.2 Å². The van der Waals surface area contributed by atoms with Crippen molar-refractivity contribution in [1.82, 2.24) is 4.90 Å². The van der Waals surface area contributed by atoms with Gasteiger partial charge in [0.05, 0.1) is 19.2 Å². The molecule has 0 bridgehead atoms. The van der Waals surface area contributed by atoms with Crippen LogP contribution in [0.5, 0.6) is 5.75 Å². The summed E-state index contributed by atoms with van der Waals surface area (Å²) in [6.07, 6.45) is 1.64. The summed E-state index contributed by atoms with van der Waals surface area (Å²) < 4.78 is 7.96. The SMILES string of the molecule is O=C(CN1C(=O)S/C(=C/c2ccc(OCc3ccc(I)cc3)c(I)c2)C1=O)Nc1ccccc1Cl. The Morgan fingerprint density at radius 1 is 1.06 bits per heavy atom. The minimum atomic E-state index is -0.511. The molecule has 3 aromatic rings. The number of nitrogens with one attached hydrogen (secondary N) is 1. The molecule has 0 radical (unpaired) electrons. The van der Waals surface area contributed by atoms with Crippen molar-refractivity contribution in [2.24, 2.45) is 0 Å². The molecule has 3 aromatic carbocycles. The van der Waals surface area contributed by atoms with Crippen molar-refractivity contribution in [2.45, 2.75) is 6.61 Å². The highest BCUT2D eigenvalue weighted by atomic mass is 127. The molecule has 0 spiro atoms. The molecule has 1 fully saturated rings. The lowest BCUT2D eigenvalue weighted by Gasteiger charge is -2.13. The van der Waals surface area contributed by atoms with Crippen LogP contribution in [-0.4, -0.2) is 28.5 Å².